The van der Waals surface area contributed by atoms with E-state index in [-0.39, 0.29) is 17.0 Å². The fourth-order valence-electron chi connectivity index (χ4n) is 2.02. The molecule has 4 N–H and O–H groups in total. The van der Waals surface area contributed by atoms with Crippen LogP contribution >= 0.6 is 0 Å². The summed E-state index contributed by atoms with van der Waals surface area (Å²) in [6.45, 7) is 0. The lowest BCUT2D eigenvalue weighted by molar-refractivity contribution is 0.0735. The first-order valence-electron chi connectivity index (χ1n) is 6.67. The van der Waals surface area contributed by atoms with E-state index in [9.17, 15) is 4.79 Å². The second kappa shape index (κ2) is 6.78. The van der Waals surface area contributed by atoms with Crippen molar-refractivity contribution in [3.63, 3.8) is 0 Å². The number of hydrogen-bond acceptors (Lipinski definition) is 7. The van der Waals surface area contributed by atoms with Crippen molar-refractivity contribution in [3.05, 3.63) is 35.9 Å². The van der Waals surface area contributed by atoms with Crippen molar-refractivity contribution in [2.24, 2.45) is 0 Å². The van der Waals surface area contributed by atoms with E-state index < -0.39 is 5.97 Å². The van der Waals surface area contributed by atoms with Crippen LogP contribution in [0.2, 0.25) is 0 Å². The maximum Gasteiger partial charge on any atom is 0.343 e. The van der Waals surface area contributed by atoms with E-state index in [0.717, 1.165) is 0 Å². The molecular weight excluding hydrogens is 300 g/mol. The third-order valence-corrected chi connectivity index (χ3v) is 3.14. The van der Waals surface area contributed by atoms with Gasteiger partial charge in [-0.2, -0.15) is 0 Å². The van der Waals surface area contributed by atoms with Gasteiger partial charge in [-0.1, -0.05) is 0 Å². The van der Waals surface area contributed by atoms with Gasteiger partial charge >= 0.3 is 5.97 Å². The molecule has 0 fully saturated rings. The Morgan fingerprint density at radius 2 is 1.48 bits per heavy atom. The van der Waals surface area contributed by atoms with Gasteiger partial charge in [-0.3, -0.25) is 0 Å². The quantitative estimate of drug-likeness (QED) is 0.494. The summed E-state index contributed by atoms with van der Waals surface area (Å²) in [5.74, 6) is 0.699. The van der Waals surface area contributed by atoms with Crippen LogP contribution in [0.3, 0.4) is 0 Å². The fourth-order valence-corrected chi connectivity index (χ4v) is 2.02. The van der Waals surface area contributed by atoms with E-state index in [0.29, 0.717) is 22.9 Å². The van der Waals surface area contributed by atoms with Gasteiger partial charge in [0.2, 0.25) is 5.75 Å². The number of benzene rings is 2. The molecule has 0 spiro atoms. The van der Waals surface area contributed by atoms with Gasteiger partial charge in [0.25, 0.3) is 0 Å². The zero-order valence-corrected chi connectivity index (χ0v) is 13.1. The average Bonchev–Trinajstić information content (AvgIpc) is 2.55. The predicted molar refractivity (Wildman–Crippen MR) is 86.3 cm³/mol. The first-order valence-corrected chi connectivity index (χ1v) is 6.67. The van der Waals surface area contributed by atoms with Gasteiger partial charge in [0.05, 0.1) is 32.6 Å². The predicted octanol–water partition coefficient (Wildman–Crippen LogP) is 2.10. The SMILES string of the molecule is COc1cc(C(=O)Oc2ccc(N)cc2N)cc(OC)c1OC. The Kier molecular flexibility index (Phi) is 4.80. The third kappa shape index (κ3) is 3.39. The normalized spacial score (nSPS) is 10.0. The van der Waals surface area contributed by atoms with Crippen molar-refractivity contribution in [2.75, 3.05) is 32.8 Å². The first kappa shape index (κ1) is 16.3. The maximum atomic E-state index is 12.3. The highest BCUT2D eigenvalue weighted by atomic mass is 16.5. The van der Waals surface area contributed by atoms with E-state index in [1.807, 2.05) is 0 Å². The summed E-state index contributed by atoms with van der Waals surface area (Å²) in [6, 6.07) is 7.63. The topological polar surface area (TPSA) is 106 Å². The number of methoxy groups -OCH3 is 3. The van der Waals surface area contributed by atoms with Crippen LogP contribution in [0.5, 0.6) is 23.0 Å². The molecular formula is C16H18N2O5. The molecule has 0 unspecified atom stereocenters. The molecule has 7 nitrogen and oxygen atoms in total. The maximum absolute atomic E-state index is 12.3. The van der Waals surface area contributed by atoms with E-state index in [2.05, 4.69) is 0 Å². The van der Waals surface area contributed by atoms with Crippen molar-refractivity contribution in [2.45, 2.75) is 0 Å². The zero-order valence-electron chi connectivity index (χ0n) is 13.1. The molecule has 2 aromatic carbocycles. The van der Waals surface area contributed by atoms with E-state index >= 15 is 0 Å². The van der Waals surface area contributed by atoms with Gasteiger partial charge in [0.1, 0.15) is 0 Å². The molecule has 0 radical (unpaired) electrons. The average molecular weight is 318 g/mol. The molecule has 122 valence electrons. The number of hydrogen-bond donors (Lipinski definition) is 2. The van der Waals surface area contributed by atoms with Crippen molar-refractivity contribution in [3.8, 4) is 23.0 Å². The van der Waals surface area contributed by atoms with Crippen LogP contribution in [-0.2, 0) is 0 Å². The number of nitrogens with two attached hydrogens (primary N) is 2. The second-order valence-corrected chi connectivity index (χ2v) is 4.60. The number of carbonyl (C=O) groups excluding carboxylic acids is 1. The second-order valence-electron chi connectivity index (χ2n) is 4.60. The summed E-state index contributed by atoms with van der Waals surface area (Å²) in [4.78, 5) is 12.3. The molecule has 7 heteroatoms. The van der Waals surface area contributed by atoms with Gasteiger partial charge in [0, 0.05) is 5.69 Å². The molecule has 0 aliphatic rings. The highest BCUT2D eigenvalue weighted by molar-refractivity contribution is 5.93. The lowest BCUT2D eigenvalue weighted by Gasteiger charge is -2.14. The number of carbonyl (C=O) groups is 1. The summed E-state index contributed by atoms with van der Waals surface area (Å²) < 4.78 is 20.9. The van der Waals surface area contributed by atoms with Gasteiger partial charge < -0.3 is 30.4 Å². The number of esters is 1. The summed E-state index contributed by atoms with van der Waals surface area (Å²) in [6.07, 6.45) is 0. The van der Waals surface area contributed by atoms with Gasteiger partial charge in [-0.15, -0.1) is 0 Å². The molecule has 0 saturated heterocycles. The number of nitrogen functional groups attached to an aromatic ring is 2. The third-order valence-electron chi connectivity index (χ3n) is 3.14. The van der Waals surface area contributed by atoms with Crippen LogP contribution in [-0.4, -0.2) is 27.3 Å². The Morgan fingerprint density at radius 1 is 0.870 bits per heavy atom. The van der Waals surface area contributed by atoms with Crippen LogP contribution in [0.15, 0.2) is 30.3 Å². The highest BCUT2D eigenvalue weighted by Gasteiger charge is 2.19. The van der Waals surface area contributed by atoms with Crippen LogP contribution in [0.25, 0.3) is 0 Å². The lowest BCUT2D eigenvalue weighted by atomic mass is 10.2. The summed E-state index contributed by atoms with van der Waals surface area (Å²) >= 11 is 0. The first-order chi connectivity index (χ1) is 11.0. The number of ether oxygens (including phenoxy) is 4. The number of anilines is 2. The van der Waals surface area contributed by atoms with Crippen molar-refractivity contribution < 1.29 is 23.7 Å². The van der Waals surface area contributed by atoms with Crippen LogP contribution in [0, 0.1) is 0 Å². The monoisotopic (exact) mass is 318 g/mol. The largest absolute Gasteiger partial charge is 0.493 e. The van der Waals surface area contributed by atoms with Gasteiger partial charge in [0.15, 0.2) is 17.2 Å². The molecule has 2 aromatic rings. The smallest absolute Gasteiger partial charge is 0.343 e. The lowest BCUT2D eigenvalue weighted by Crippen LogP contribution is -2.11. The van der Waals surface area contributed by atoms with Crippen LogP contribution < -0.4 is 30.4 Å². The Morgan fingerprint density at radius 3 is 1.96 bits per heavy atom. The van der Waals surface area contributed by atoms with Crippen molar-refractivity contribution >= 4 is 17.3 Å². The molecule has 0 aliphatic heterocycles. The molecule has 23 heavy (non-hydrogen) atoms. The highest BCUT2D eigenvalue weighted by Crippen LogP contribution is 2.38. The Hall–Kier alpha value is -3.09. The van der Waals surface area contributed by atoms with Crippen molar-refractivity contribution in [1.82, 2.24) is 0 Å². The Bertz CT molecular complexity index is 705. The fraction of sp³-hybridized carbons (Fsp3) is 0.188. The Balaban J connectivity index is 2.35. The minimum absolute atomic E-state index is 0.220. The van der Waals surface area contributed by atoms with Crippen LogP contribution in [0.1, 0.15) is 10.4 Å². The van der Waals surface area contributed by atoms with E-state index in [1.54, 1.807) is 6.07 Å². The summed E-state index contributed by atoms with van der Waals surface area (Å²) in [5.41, 5.74) is 12.4. The molecule has 0 amide bonds. The van der Waals surface area contributed by atoms with E-state index in [4.69, 9.17) is 30.4 Å². The van der Waals surface area contributed by atoms with Crippen LogP contribution in [0.4, 0.5) is 11.4 Å². The summed E-state index contributed by atoms with van der Waals surface area (Å²) in [7, 11) is 4.40. The molecule has 0 aliphatic carbocycles. The minimum atomic E-state index is -0.610. The van der Waals surface area contributed by atoms with Gasteiger partial charge in [-0.25, -0.2) is 4.79 Å². The zero-order chi connectivity index (χ0) is 17.0. The molecule has 0 bridgehead atoms. The number of rotatable bonds is 5. The van der Waals surface area contributed by atoms with Gasteiger partial charge in [-0.05, 0) is 30.3 Å². The van der Waals surface area contributed by atoms with E-state index in [1.165, 1.54) is 45.6 Å². The summed E-state index contributed by atoms with van der Waals surface area (Å²) in [5, 5.41) is 0. The molecule has 2 rings (SSSR count). The molecule has 0 atom stereocenters. The minimum Gasteiger partial charge on any atom is -0.493 e. The standard InChI is InChI=1S/C16H18N2O5/c1-20-13-6-9(7-14(21-2)15(13)22-3)16(19)23-12-5-4-10(17)8-11(12)18/h4-8H,17-18H2,1-3H3. The Labute approximate surface area is 133 Å². The molecule has 0 aromatic heterocycles. The molecule has 0 saturated carbocycles. The van der Waals surface area contributed by atoms with Crippen molar-refractivity contribution in [1.29, 1.82) is 0 Å². The molecule has 0 heterocycles.